The number of hydrogen-bond acceptors (Lipinski definition) is 5. The van der Waals surface area contributed by atoms with E-state index in [1.54, 1.807) is 12.1 Å². The summed E-state index contributed by atoms with van der Waals surface area (Å²) in [7, 11) is 0. The molecule has 0 radical (unpaired) electrons. The van der Waals surface area contributed by atoms with Gasteiger partial charge < -0.3 is 14.2 Å². The second-order valence-electron chi connectivity index (χ2n) is 6.95. The van der Waals surface area contributed by atoms with E-state index in [2.05, 4.69) is 16.3 Å². The van der Waals surface area contributed by atoms with Crippen LogP contribution in [-0.2, 0) is 24.4 Å². The summed E-state index contributed by atoms with van der Waals surface area (Å²) >= 11 is 7.33. The van der Waals surface area contributed by atoms with Crippen LogP contribution in [0.1, 0.15) is 24.7 Å². The normalized spacial score (nSPS) is 13.2. The highest BCUT2D eigenvalue weighted by atomic mass is 35.5. The van der Waals surface area contributed by atoms with Crippen molar-refractivity contribution in [3.05, 3.63) is 64.9 Å². The lowest BCUT2D eigenvalue weighted by Gasteiger charge is -2.29. The van der Waals surface area contributed by atoms with Crippen molar-refractivity contribution in [2.45, 2.75) is 38.1 Å². The van der Waals surface area contributed by atoms with Crippen LogP contribution in [0.3, 0.4) is 0 Å². The topological polar surface area (TPSA) is 60.2 Å². The molecule has 1 amide bonds. The first-order valence-electron chi connectivity index (χ1n) is 9.97. The van der Waals surface area contributed by atoms with Crippen LogP contribution >= 0.6 is 23.4 Å². The summed E-state index contributed by atoms with van der Waals surface area (Å²) in [4.78, 5) is 14.8. The fourth-order valence-electron chi connectivity index (χ4n) is 3.53. The minimum Gasteiger partial charge on any atom is -0.486 e. The van der Waals surface area contributed by atoms with Crippen LogP contribution in [-0.4, -0.2) is 33.0 Å². The summed E-state index contributed by atoms with van der Waals surface area (Å²) < 4.78 is 7.78. The summed E-state index contributed by atoms with van der Waals surface area (Å²) in [6.07, 6.45) is 2.01. The molecule has 0 fully saturated rings. The van der Waals surface area contributed by atoms with Gasteiger partial charge in [-0.25, -0.2) is 0 Å². The van der Waals surface area contributed by atoms with Gasteiger partial charge in [-0.1, -0.05) is 41.6 Å². The van der Waals surface area contributed by atoms with Gasteiger partial charge >= 0.3 is 0 Å². The second kappa shape index (κ2) is 9.53. The molecule has 0 aliphatic carbocycles. The van der Waals surface area contributed by atoms with E-state index in [-0.39, 0.29) is 5.91 Å². The molecule has 6 nitrogen and oxygen atoms in total. The number of benzene rings is 2. The van der Waals surface area contributed by atoms with Crippen LogP contribution in [0.25, 0.3) is 0 Å². The van der Waals surface area contributed by atoms with E-state index >= 15 is 0 Å². The number of rotatable bonds is 7. The molecule has 1 aliphatic heterocycles. The van der Waals surface area contributed by atoms with Gasteiger partial charge in [-0.3, -0.25) is 4.79 Å². The molecule has 1 aliphatic rings. The first kappa shape index (κ1) is 20.8. The number of thioether (sulfide) groups is 1. The average Bonchev–Trinajstić information content (AvgIpc) is 3.18. The maximum Gasteiger partial charge on any atom is 0.237 e. The number of halogens is 1. The molecule has 2 heterocycles. The molecular weight excluding hydrogens is 420 g/mol. The van der Waals surface area contributed by atoms with Crippen molar-refractivity contribution in [2.75, 3.05) is 17.2 Å². The highest BCUT2D eigenvalue weighted by molar-refractivity contribution is 7.99. The van der Waals surface area contributed by atoms with Gasteiger partial charge in [-0.05, 0) is 55.7 Å². The van der Waals surface area contributed by atoms with E-state index in [4.69, 9.17) is 16.3 Å². The van der Waals surface area contributed by atoms with Crippen molar-refractivity contribution in [1.82, 2.24) is 14.8 Å². The molecule has 30 heavy (non-hydrogen) atoms. The van der Waals surface area contributed by atoms with Gasteiger partial charge in [0.2, 0.25) is 5.91 Å². The van der Waals surface area contributed by atoms with E-state index in [0.29, 0.717) is 23.9 Å². The number of anilines is 1. The van der Waals surface area contributed by atoms with Crippen molar-refractivity contribution in [3.63, 3.8) is 0 Å². The minimum atomic E-state index is 0.0942. The van der Waals surface area contributed by atoms with Gasteiger partial charge in [0.15, 0.2) is 11.0 Å². The first-order valence-corrected chi connectivity index (χ1v) is 11.3. The number of carbonyl (C=O) groups is 1. The molecule has 1 aromatic heterocycles. The maximum atomic E-state index is 12.9. The summed E-state index contributed by atoms with van der Waals surface area (Å²) in [5.74, 6) is 1.87. The van der Waals surface area contributed by atoms with Crippen LogP contribution in [0.4, 0.5) is 5.69 Å². The monoisotopic (exact) mass is 442 g/mol. The molecule has 3 aromatic rings. The molecule has 8 heteroatoms. The molecule has 156 valence electrons. The van der Waals surface area contributed by atoms with Crippen molar-refractivity contribution in [1.29, 1.82) is 0 Å². The van der Waals surface area contributed by atoms with Crippen LogP contribution in [0.5, 0.6) is 5.75 Å². The quantitative estimate of drug-likeness (QED) is 0.500. The molecule has 4 rings (SSSR count). The summed E-state index contributed by atoms with van der Waals surface area (Å²) in [6, 6.07) is 15.3. The first-order chi connectivity index (χ1) is 14.7. The maximum absolute atomic E-state index is 12.9. The largest absolute Gasteiger partial charge is 0.486 e. The van der Waals surface area contributed by atoms with Gasteiger partial charge in [0, 0.05) is 23.8 Å². The Bertz CT molecular complexity index is 1020. The zero-order valence-corrected chi connectivity index (χ0v) is 18.3. The van der Waals surface area contributed by atoms with Gasteiger partial charge in [0.25, 0.3) is 0 Å². The molecule has 0 saturated carbocycles. The van der Waals surface area contributed by atoms with Crippen molar-refractivity contribution >= 4 is 35.0 Å². The summed E-state index contributed by atoms with van der Waals surface area (Å²) in [6.45, 7) is 3.80. The number of aryl methyl sites for hydroxylation is 1. The van der Waals surface area contributed by atoms with Crippen LogP contribution < -0.4 is 9.64 Å². The van der Waals surface area contributed by atoms with E-state index < -0.39 is 0 Å². The highest BCUT2D eigenvalue weighted by Crippen LogP contribution is 2.28. The Morgan fingerprint density at radius 1 is 1.17 bits per heavy atom. The van der Waals surface area contributed by atoms with E-state index in [0.717, 1.165) is 41.8 Å². The van der Waals surface area contributed by atoms with Crippen molar-refractivity contribution in [3.8, 4) is 5.75 Å². The minimum absolute atomic E-state index is 0.0942. The number of para-hydroxylation sites is 1. The molecule has 2 aromatic carbocycles. The van der Waals surface area contributed by atoms with E-state index in [1.165, 1.54) is 17.3 Å². The van der Waals surface area contributed by atoms with Gasteiger partial charge in [-0.2, -0.15) is 0 Å². The average molecular weight is 443 g/mol. The zero-order valence-electron chi connectivity index (χ0n) is 16.8. The number of hydrogen-bond donors (Lipinski definition) is 0. The number of nitrogens with zero attached hydrogens (tertiary/aromatic N) is 4. The summed E-state index contributed by atoms with van der Waals surface area (Å²) in [5, 5.41) is 9.93. The molecule has 0 N–H and O–H groups in total. The predicted octanol–water partition coefficient (Wildman–Crippen LogP) is 4.60. The van der Waals surface area contributed by atoms with Crippen LogP contribution in [0.15, 0.2) is 53.7 Å². The standard InChI is InChI=1S/C22H23ClN4O2S/c1-2-26-20(14-29-18-11-9-17(23)10-12-18)24-25-22(26)30-15-21(28)27-13-5-7-16-6-3-4-8-19(16)27/h3-4,6,8-12H,2,5,7,13-15H2,1H3. The van der Waals surface area contributed by atoms with E-state index in [9.17, 15) is 4.79 Å². The molecule has 0 saturated heterocycles. The number of amides is 1. The number of ether oxygens (including phenoxy) is 1. The lowest BCUT2D eigenvalue weighted by molar-refractivity contribution is -0.116. The van der Waals surface area contributed by atoms with Crippen LogP contribution in [0.2, 0.25) is 5.02 Å². The summed E-state index contributed by atoms with van der Waals surface area (Å²) in [5.41, 5.74) is 2.27. The Labute approximate surface area is 185 Å². The third kappa shape index (κ3) is 4.63. The van der Waals surface area contributed by atoms with Gasteiger partial charge in [0.1, 0.15) is 12.4 Å². The van der Waals surface area contributed by atoms with Crippen LogP contribution in [0, 0.1) is 0 Å². The lowest BCUT2D eigenvalue weighted by Crippen LogP contribution is -2.36. The molecule has 0 atom stereocenters. The van der Waals surface area contributed by atoms with Gasteiger partial charge in [-0.15, -0.1) is 10.2 Å². The third-order valence-electron chi connectivity index (χ3n) is 5.03. The van der Waals surface area contributed by atoms with E-state index in [1.807, 2.05) is 46.7 Å². The lowest BCUT2D eigenvalue weighted by atomic mass is 10.0. The van der Waals surface area contributed by atoms with Crippen molar-refractivity contribution in [2.24, 2.45) is 0 Å². The highest BCUT2D eigenvalue weighted by Gasteiger charge is 2.23. The Morgan fingerprint density at radius 3 is 2.77 bits per heavy atom. The number of fused-ring (bicyclic) bond motifs is 1. The third-order valence-corrected chi connectivity index (χ3v) is 6.23. The van der Waals surface area contributed by atoms with Gasteiger partial charge in [0.05, 0.1) is 5.75 Å². The Balaban J connectivity index is 1.39. The predicted molar refractivity (Wildman–Crippen MR) is 119 cm³/mol. The Morgan fingerprint density at radius 2 is 1.97 bits per heavy atom. The second-order valence-corrected chi connectivity index (χ2v) is 8.33. The van der Waals surface area contributed by atoms with Crippen molar-refractivity contribution < 1.29 is 9.53 Å². The smallest absolute Gasteiger partial charge is 0.237 e. The molecular formula is C22H23ClN4O2S. The zero-order chi connectivity index (χ0) is 20.9. The molecule has 0 spiro atoms. The SMILES string of the molecule is CCn1c(COc2ccc(Cl)cc2)nnc1SCC(=O)N1CCCc2ccccc21. The molecule has 0 bridgehead atoms. The fourth-order valence-corrected chi connectivity index (χ4v) is 4.55. The Hall–Kier alpha value is -2.51. The number of carbonyl (C=O) groups excluding carboxylic acids is 1. The number of aromatic nitrogens is 3. The fraction of sp³-hybridized carbons (Fsp3) is 0.318. The molecule has 0 unspecified atom stereocenters. The Kier molecular flexibility index (Phi) is 6.59.